The summed E-state index contributed by atoms with van der Waals surface area (Å²) in [5, 5.41) is 0. The third kappa shape index (κ3) is 5.01. The summed E-state index contributed by atoms with van der Waals surface area (Å²) in [5.41, 5.74) is 0.422. The number of carbonyl (C=O) groups is 1. The summed E-state index contributed by atoms with van der Waals surface area (Å²) in [6.07, 6.45) is 0. The largest absolute Gasteiger partial charge is 0.542 e. The van der Waals surface area contributed by atoms with Crippen molar-refractivity contribution in [2.45, 2.75) is 39.3 Å². The summed E-state index contributed by atoms with van der Waals surface area (Å²) in [6.45, 7) is 12.5. The van der Waals surface area contributed by atoms with Gasteiger partial charge in [0, 0.05) is 0 Å². The van der Waals surface area contributed by atoms with Crippen LogP contribution < -0.4 is 8.85 Å². The molecule has 0 saturated heterocycles. The molecule has 0 bridgehead atoms. The van der Waals surface area contributed by atoms with Crippen molar-refractivity contribution in [2.24, 2.45) is 0 Å². The molecule has 20 heavy (non-hydrogen) atoms. The predicted octanol–water partition coefficient (Wildman–Crippen LogP) is 3.90. The maximum absolute atomic E-state index is 11.9. The fourth-order valence-corrected chi connectivity index (χ4v) is 3.25. The van der Waals surface area contributed by atoms with E-state index < -0.39 is 22.6 Å². The molecule has 0 aliphatic carbocycles. The molecular formula is C14H24O4Si2. The lowest BCUT2D eigenvalue weighted by molar-refractivity contribution is 0.0598. The van der Waals surface area contributed by atoms with Crippen molar-refractivity contribution >= 4 is 22.6 Å². The Balaban J connectivity index is 3.32. The van der Waals surface area contributed by atoms with Gasteiger partial charge in [-0.05, 0) is 51.4 Å². The smallest absolute Gasteiger partial charge is 0.341 e. The van der Waals surface area contributed by atoms with Crippen molar-refractivity contribution in [1.29, 1.82) is 0 Å². The van der Waals surface area contributed by atoms with Crippen LogP contribution >= 0.6 is 0 Å². The Kier molecular flexibility index (Phi) is 5.04. The molecule has 0 amide bonds. The van der Waals surface area contributed by atoms with Gasteiger partial charge in [0.05, 0.1) is 7.11 Å². The van der Waals surface area contributed by atoms with E-state index >= 15 is 0 Å². The first-order chi connectivity index (χ1) is 9.03. The Morgan fingerprint density at radius 3 is 1.95 bits per heavy atom. The first kappa shape index (κ1) is 16.8. The molecule has 112 valence electrons. The number of esters is 1. The Labute approximate surface area is 123 Å². The van der Waals surface area contributed by atoms with Gasteiger partial charge in [-0.15, -0.1) is 0 Å². The molecule has 0 aromatic heterocycles. The molecule has 0 heterocycles. The van der Waals surface area contributed by atoms with Crippen LogP contribution in [0.1, 0.15) is 10.4 Å². The fraction of sp³-hybridized carbons (Fsp3) is 0.500. The monoisotopic (exact) mass is 312 g/mol. The number of methoxy groups -OCH3 is 1. The summed E-state index contributed by atoms with van der Waals surface area (Å²) in [7, 11) is -2.29. The zero-order valence-electron chi connectivity index (χ0n) is 13.4. The van der Waals surface area contributed by atoms with Crippen molar-refractivity contribution in [3.63, 3.8) is 0 Å². The van der Waals surface area contributed by atoms with Crippen LogP contribution in [0.3, 0.4) is 0 Å². The van der Waals surface area contributed by atoms with Gasteiger partial charge in [0.2, 0.25) is 16.6 Å². The Morgan fingerprint density at radius 1 is 0.950 bits per heavy atom. The second-order valence-electron chi connectivity index (χ2n) is 6.55. The van der Waals surface area contributed by atoms with Crippen LogP contribution in [0.25, 0.3) is 0 Å². The number of para-hydroxylation sites is 1. The molecule has 6 heteroatoms. The van der Waals surface area contributed by atoms with Gasteiger partial charge < -0.3 is 13.6 Å². The number of hydrogen-bond acceptors (Lipinski definition) is 4. The van der Waals surface area contributed by atoms with Gasteiger partial charge in [0.25, 0.3) is 0 Å². The van der Waals surface area contributed by atoms with Crippen molar-refractivity contribution < 1.29 is 18.4 Å². The van der Waals surface area contributed by atoms with E-state index in [1.54, 1.807) is 12.1 Å². The normalized spacial score (nSPS) is 11.9. The van der Waals surface area contributed by atoms with E-state index in [2.05, 4.69) is 39.3 Å². The van der Waals surface area contributed by atoms with E-state index in [4.69, 9.17) is 13.6 Å². The lowest BCUT2D eigenvalue weighted by Gasteiger charge is -2.27. The molecule has 0 aliphatic rings. The zero-order valence-corrected chi connectivity index (χ0v) is 15.4. The van der Waals surface area contributed by atoms with Crippen LogP contribution in [-0.2, 0) is 4.74 Å². The minimum Gasteiger partial charge on any atom is -0.542 e. The topological polar surface area (TPSA) is 44.8 Å². The summed E-state index contributed by atoms with van der Waals surface area (Å²) < 4.78 is 16.9. The third-order valence-corrected chi connectivity index (χ3v) is 3.86. The van der Waals surface area contributed by atoms with E-state index in [9.17, 15) is 4.79 Å². The molecule has 4 nitrogen and oxygen atoms in total. The molecule has 0 fully saturated rings. The van der Waals surface area contributed by atoms with Crippen LogP contribution in [0.2, 0.25) is 39.3 Å². The summed E-state index contributed by atoms with van der Waals surface area (Å²) >= 11 is 0. The Bertz CT molecular complexity index is 487. The van der Waals surface area contributed by atoms with Gasteiger partial charge in [0.15, 0.2) is 5.75 Å². The van der Waals surface area contributed by atoms with Gasteiger partial charge in [-0.3, -0.25) is 0 Å². The number of rotatable bonds is 5. The number of benzene rings is 1. The summed E-state index contributed by atoms with van der Waals surface area (Å²) in [5.74, 6) is 0.745. The van der Waals surface area contributed by atoms with E-state index in [0.29, 0.717) is 17.1 Å². The highest BCUT2D eigenvalue weighted by atomic mass is 28.4. The zero-order chi connectivity index (χ0) is 15.6. The molecule has 0 aliphatic heterocycles. The molecule has 0 radical (unpaired) electrons. The van der Waals surface area contributed by atoms with Crippen molar-refractivity contribution in [3.8, 4) is 11.5 Å². The van der Waals surface area contributed by atoms with Crippen LogP contribution in [0.5, 0.6) is 11.5 Å². The number of hydrogen-bond donors (Lipinski definition) is 0. The van der Waals surface area contributed by atoms with Gasteiger partial charge in [-0.25, -0.2) is 4.79 Å². The quantitative estimate of drug-likeness (QED) is 0.611. The molecule has 1 aromatic carbocycles. The summed E-state index contributed by atoms with van der Waals surface area (Å²) in [4.78, 5) is 11.9. The molecule has 0 atom stereocenters. The van der Waals surface area contributed by atoms with Crippen molar-refractivity contribution in [3.05, 3.63) is 23.8 Å². The van der Waals surface area contributed by atoms with Crippen LogP contribution in [-0.4, -0.2) is 29.7 Å². The Morgan fingerprint density at radius 2 is 1.50 bits per heavy atom. The second-order valence-corrected chi connectivity index (χ2v) is 15.4. The highest BCUT2D eigenvalue weighted by molar-refractivity contribution is 6.71. The summed E-state index contributed by atoms with van der Waals surface area (Å²) in [6, 6.07) is 5.34. The Hall–Kier alpha value is -1.28. The average molecular weight is 313 g/mol. The van der Waals surface area contributed by atoms with Crippen molar-refractivity contribution in [1.82, 2.24) is 0 Å². The van der Waals surface area contributed by atoms with Gasteiger partial charge in [-0.1, -0.05) is 6.07 Å². The maximum atomic E-state index is 11.9. The van der Waals surface area contributed by atoms with E-state index in [0.717, 1.165) is 0 Å². The van der Waals surface area contributed by atoms with Crippen molar-refractivity contribution in [2.75, 3.05) is 7.11 Å². The minimum absolute atomic E-state index is 0.403. The van der Waals surface area contributed by atoms with Crippen LogP contribution in [0.15, 0.2) is 18.2 Å². The molecule has 0 unspecified atom stereocenters. The number of carbonyl (C=O) groups excluding carboxylic acids is 1. The fourth-order valence-electron chi connectivity index (χ4n) is 1.61. The van der Waals surface area contributed by atoms with Gasteiger partial charge in [-0.2, -0.15) is 0 Å². The second kappa shape index (κ2) is 6.01. The average Bonchev–Trinajstić information content (AvgIpc) is 2.26. The third-order valence-electron chi connectivity index (χ3n) is 2.21. The molecule has 1 rings (SSSR count). The van der Waals surface area contributed by atoms with E-state index in [1.165, 1.54) is 7.11 Å². The maximum Gasteiger partial charge on any atom is 0.341 e. The first-order valence-corrected chi connectivity index (χ1v) is 13.4. The van der Waals surface area contributed by atoms with Gasteiger partial charge >= 0.3 is 5.97 Å². The standard InChI is InChI=1S/C14H24O4Si2/c1-16-14(15)11-9-8-10-12(17-19(2,3)4)13(11)18-20(5,6)7/h8-10H,1-7H3. The first-order valence-electron chi connectivity index (χ1n) is 6.63. The SMILES string of the molecule is COC(=O)c1cccc(O[Si](C)(C)C)c1O[Si](C)(C)C. The minimum atomic E-state index is -1.87. The highest BCUT2D eigenvalue weighted by Gasteiger charge is 2.27. The molecular weight excluding hydrogens is 288 g/mol. The van der Waals surface area contributed by atoms with E-state index in [-0.39, 0.29) is 0 Å². The molecule has 0 spiro atoms. The molecule has 0 N–H and O–H groups in total. The highest BCUT2D eigenvalue weighted by Crippen LogP contribution is 2.35. The lowest BCUT2D eigenvalue weighted by atomic mass is 10.2. The lowest BCUT2D eigenvalue weighted by Crippen LogP contribution is -2.33. The van der Waals surface area contributed by atoms with Crippen LogP contribution in [0.4, 0.5) is 0 Å². The van der Waals surface area contributed by atoms with Gasteiger partial charge in [0.1, 0.15) is 11.3 Å². The van der Waals surface area contributed by atoms with E-state index in [1.807, 2.05) is 6.07 Å². The molecule has 1 aromatic rings. The number of ether oxygens (including phenoxy) is 1. The predicted molar refractivity (Wildman–Crippen MR) is 85.7 cm³/mol. The van der Waals surface area contributed by atoms with Crippen LogP contribution in [0, 0.1) is 0 Å². The molecule has 0 saturated carbocycles.